The second kappa shape index (κ2) is 11.0. The predicted molar refractivity (Wildman–Crippen MR) is 127 cm³/mol. The third kappa shape index (κ3) is 6.11. The molecule has 0 radical (unpaired) electrons. The molecule has 1 amide bonds. The van der Waals surface area contributed by atoms with Crippen LogP contribution in [0.4, 0.5) is 5.69 Å². The number of rotatable bonds is 3. The lowest BCUT2D eigenvalue weighted by Crippen LogP contribution is -2.45. The normalized spacial score (nSPS) is 21.2. The Hall–Kier alpha value is -2.38. The summed E-state index contributed by atoms with van der Waals surface area (Å²) < 4.78 is 7.79. The smallest absolute Gasteiger partial charge is 0.238 e. The lowest BCUT2D eigenvalue weighted by molar-refractivity contribution is -0.117. The molecular weight excluding hydrogens is 402 g/mol. The number of aryl methyl sites for hydroxylation is 2. The Labute approximate surface area is 191 Å². The minimum atomic E-state index is 0.0195. The molecule has 1 aromatic carbocycles. The summed E-state index contributed by atoms with van der Waals surface area (Å²) in [5.74, 6) is 0.974. The van der Waals surface area contributed by atoms with Crippen molar-refractivity contribution in [3.63, 3.8) is 0 Å². The maximum Gasteiger partial charge on any atom is 0.238 e. The van der Waals surface area contributed by atoms with Gasteiger partial charge in [-0.1, -0.05) is 18.6 Å². The van der Waals surface area contributed by atoms with Crippen molar-refractivity contribution in [2.75, 3.05) is 44.6 Å². The van der Waals surface area contributed by atoms with E-state index in [1.807, 2.05) is 20.0 Å². The van der Waals surface area contributed by atoms with E-state index >= 15 is 0 Å². The van der Waals surface area contributed by atoms with Crippen molar-refractivity contribution in [2.24, 2.45) is 7.05 Å². The highest BCUT2D eigenvalue weighted by Gasteiger charge is 2.23. The molecule has 1 atom stereocenters. The van der Waals surface area contributed by atoms with E-state index in [0.29, 0.717) is 19.2 Å². The van der Waals surface area contributed by atoms with Crippen LogP contribution in [0.25, 0.3) is 0 Å². The Balaban J connectivity index is 1.42. The number of carbonyl (C=O) groups excluding carboxylic acids is 1. The van der Waals surface area contributed by atoms with Crippen LogP contribution in [-0.2, 0) is 18.3 Å². The van der Waals surface area contributed by atoms with Gasteiger partial charge in [-0.2, -0.15) is 5.10 Å². The maximum atomic E-state index is 12.8. The predicted octanol–water partition coefficient (Wildman–Crippen LogP) is 3.24. The highest BCUT2D eigenvalue weighted by atomic mass is 16.5. The van der Waals surface area contributed by atoms with E-state index in [0.717, 1.165) is 49.6 Å². The van der Waals surface area contributed by atoms with E-state index in [1.165, 1.54) is 37.8 Å². The Kier molecular flexibility index (Phi) is 7.81. The van der Waals surface area contributed by atoms with Gasteiger partial charge < -0.3 is 10.1 Å². The van der Waals surface area contributed by atoms with E-state index in [1.54, 1.807) is 10.9 Å². The first-order valence-electron chi connectivity index (χ1n) is 12.0. The van der Waals surface area contributed by atoms with Crippen LogP contribution in [0.1, 0.15) is 43.4 Å². The fraction of sp³-hybridized carbons (Fsp3) is 0.600. The zero-order valence-electron chi connectivity index (χ0n) is 19.6. The van der Waals surface area contributed by atoms with Crippen LogP contribution in [0.5, 0.6) is 5.75 Å². The number of nitrogens with one attached hydrogen (secondary N) is 1. The van der Waals surface area contributed by atoms with E-state index in [2.05, 4.69) is 38.4 Å². The van der Waals surface area contributed by atoms with E-state index in [-0.39, 0.29) is 5.91 Å². The summed E-state index contributed by atoms with van der Waals surface area (Å²) in [6, 6.07) is 9.19. The number of piperidine rings is 1. The number of fused-ring (bicyclic) bond motifs is 3. The number of nitrogens with zero attached hydrogens (tertiary/aromatic N) is 4. The SMILES string of the molecule is Cc1c(NC(=O)CN2CCCOc3cccc(c3)CCC3CCCCN3CC2)cnn1C. The molecule has 1 unspecified atom stereocenters. The molecule has 1 N–H and O–H groups in total. The number of hydrogen-bond acceptors (Lipinski definition) is 5. The minimum Gasteiger partial charge on any atom is -0.494 e. The second-order valence-corrected chi connectivity index (χ2v) is 9.17. The zero-order valence-corrected chi connectivity index (χ0v) is 19.6. The lowest BCUT2D eigenvalue weighted by Gasteiger charge is -2.37. The molecule has 2 aliphatic rings. The summed E-state index contributed by atoms with van der Waals surface area (Å²) in [6.07, 6.45) is 8.76. The number of aromatic nitrogens is 2. The Morgan fingerprint density at radius 1 is 1.16 bits per heavy atom. The fourth-order valence-electron chi connectivity index (χ4n) is 4.84. The van der Waals surface area contributed by atoms with Gasteiger partial charge in [0.05, 0.1) is 30.7 Å². The van der Waals surface area contributed by atoms with Gasteiger partial charge in [-0.25, -0.2) is 0 Å². The molecule has 2 bridgehead atoms. The molecule has 4 rings (SSSR count). The highest BCUT2D eigenvalue weighted by Crippen LogP contribution is 2.23. The second-order valence-electron chi connectivity index (χ2n) is 9.17. The first-order valence-corrected chi connectivity index (χ1v) is 12.0. The van der Waals surface area contributed by atoms with Crippen LogP contribution < -0.4 is 10.1 Å². The average molecular weight is 440 g/mol. The molecule has 3 heterocycles. The van der Waals surface area contributed by atoms with Crippen LogP contribution in [0.2, 0.25) is 0 Å². The van der Waals surface area contributed by atoms with Crippen molar-refractivity contribution in [3.8, 4) is 5.75 Å². The molecule has 1 aromatic heterocycles. The van der Waals surface area contributed by atoms with Crippen LogP contribution in [-0.4, -0.2) is 70.9 Å². The molecule has 1 fully saturated rings. The molecule has 0 spiro atoms. The standard InChI is InChI=1S/C25H37N5O2/c1-20-24(18-26-28(20)2)27-25(31)19-29-12-6-16-32-23-9-5-7-21(17-23)10-11-22-8-3-4-13-30(22)15-14-29/h5,7,9,17-18,22H,3-4,6,8,10-16,19H2,1-2H3,(H,27,31). The molecule has 1 saturated heterocycles. The van der Waals surface area contributed by atoms with Gasteiger partial charge in [-0.3, -0.25) is 19.3 Å². The number of carbonyl (C=O) groups is 1. The van der Waals surface area contributed by atoms with Gasteiger partial charge in [0.25, 0.3) is 0 Å². The summed E-state index contributed by atoms with van der Waals surface area (Å²) in [7, 11) is 1.89. The van der Waals surface area contributed by atoms with Crippen molar-refractivity contribution >= 4 is 11.6 Å². The van der Waals surface area contributed by atoms with Crippen LogP contribution in [0.3, 0.4) is 0 Å². The van der Waals surface area contributed by atoms with Gasteiger partial charge >= 0.3 is 0 Å². The minimum absolute atomic E-state index is 0.0195. The molecule has 7 heteroatoms. The number of amides is 1. The monoisotopic (exact) mass is 439 g/mol. The van der Waals surface area contributed by atoms with Crippen molar-refractivity contribution in [2.45, 2.75) is 51.5 Å². The molecule has 0 aliphatic carbocycles. The van der Waals surface area contributed by atoms with Gasteiger partial charge in [0.15, 0.2) is 0 Å². The average Bonchev–Trinajstić information content (AvgIpc) is 3.11. The third-order valence-electron chi connectivity index (χ3n) is 6.88. The quantitative estimate of drug-likeness (QED) is 0.796. The number of ether oxygens (including phenoxy) is 1. The van der Waals surface area contributed by atoms with Gasteiger partial charge in [0.2, 0.25) is 5.91 Å². The first kappa shape index (κ1) is 22.8. The Morgan fingerprint density at radius 2 is 2.06 bits per heavy atom. The van der Waals surface area contributed by atoms with E-state index in [4.69, 9.17) is 4.74 Å². The summed E-state index contributed by atoms with van der Waals surface area (Å²) in [4.78, 5) is 17.7. The number of benzene rings is 1. The van der Waals surface area contributed by atoms with Crippen LogP contribution in [0, 0.1) is 6.92 Å². The molecule has 32 heavy (non-hydrogen) atoms. The van der Waals surface area contributed by atoms with E-state index < -0.39 is 0 Å². The fourth-order valence-corrected chi connectivity index (χ4v) is 4.84. The molecule has 0 saturated carbocycles. The molecule has 2 aliphatic heterocycles. The Bertz CT molecular complexity index is 896. The van der Waals surface area contributed by atoms with Crippen LogP contribution in [0.15, 0.2) is 30.5 Å². The van der Waals surface area contributed by atoms with E-state index in [9.17, 15) is 4.79 Å². The molecular formula is C25H37N5O2. The lowest BCUT2D eigenvalue weighted by atomic mass is 9.95. The van der Waals surface area contributed by atoms with Crippen LogP contribution >= 0.6 is 0 Å². The summed E-state index contributed by atoms with van der Waals surface area (Å²) in [5, 5.41) is 7.26. The molecule has 7 nitrogen and oxygen atoms in total. The number of hydrogen-bond donors (Lipinski definition) is 1. The summed E-state index contributed by atoms with van der Waals surface area (Å²) >= 11 is 0. The highest BCUT2D eigenvalue weighted by molar-refractivity contribution is 5.92. The summed E-state index contributed by atoms with van der Waals surface area (Å²) in [5.41, 5.74) is 3.12. The molecule has 174 valence electrons. The topological polar surface area (TPSA) is 62.6 Å². The van der Waals surface area contributed by atoms with Gasteiger partial charge in [-0.05, 0) is 63.3 Å². The van der Waals surface area contributed by atoms with Crippen molar-refractivity contribution in [1.29, 1.82) is 0 Å². The van der Waals surface area contributed by atoms with Crippen molar-refractivity contribution < 1.29 is 9.53 Å². The first-order chi connectivity index (χ1) is 15.6. The van der Waals surface area contributed by atoms with Gasteiger partial charge in [0.1, 0.15) is 5.75 Å². The zero-order chi connectivity index (χ0) is 22.3. The molecule has 2 aromatic rings. The van der Waals surface area contributed by atoms with Crippen molar-refractivity contribution in [3.05, 3.63) is 41.7 Å². The summed E-state index contributed by atoms with van der Waals surface area (Å²) in [6.45, 7) is 6.96. The largest absolute Gasteiger partial charge is 0.494 e. The van der Waals surface area contributed by atoms with Gasteiger partial charge in [-0.15, -0.1) is 0 Å². The van der Waals surface area contributed by atoms with Gasteiger partial charge in [0, 0.05) is 32.7 Å². The Morgan fingerprint density at radius 3 is 2.91 bits per heavy atom. The number of anilines is 1. The maximum absolute atomic E-state index is 12.8. The third-order valence-corrected chi connectivity index (χ3v) is 6.88. The van der Waals surface area contributed by atoms with Crippen molar-refractivity contribution in [1.82, 2.24) is 19.6 Å².